The predicted octanol–water partition coefficient (Wildman–Crippen LogP) is 2.85. The molecule has 102 valence electrons. The number of benzene rings is 1. The van der Waals surface area contributed by atoms with Crippen molar-refractivity contribution in [1.29, 1.82) is 0 Å². The second-order valence-electron chi connectivity index (χ2n) is 4.81. The number of nitrogens with one attached hydrogen (secondary N) is 1. The fourth-order valence-electron chi connectivity index (χ4n) is 1.93. The highest BCUT2D eigenvalue weighted by Gasteiger charge is 2.10. The van der Waals surface area contributed by atoms with E-state index in [2.05, 4.69) is 33.8 Å². The lowest BCUT2D eigenvalue weighted by atomic mass is 10.0. The van der Waals surface area contributed by atoms with E-state index in [1.807, 2.05) is 24.3 Å². The molecule has 0 aliphatic heterocycles. The van der Waals surface area contributed by atoms with Gasteiger partial charge in [0.15, 0.2) is 5.65 Å². The van der Waals surface area contributed by atoms with E-state index in [0.29, 0.717) is 28.7 Å². The van der Waals surface area contributed by atoms with E-state index in [9.17, 15) is 0 Å². The van der Waals surface area contributed by atoms with Crippen molar-refractivity contribution in [2.75, 3.05) is 5.73 Å². The summed E-state index contributed by atoms with van der Waals surface area (Å²) in [5.74, 6) is 1.70. The Hall–Kier alpha value is -2.63. The Bertz CT molecular complexity index is 733. The van der Waals surface area contributed by atoms with Gasteiger partial charge in [0, 0.05) is 0 Å². The number of aromatic amines is 1. The molecule has 3 rings (SSSR count). The summed E-state index contributed by atoms with van der Waals surface area (Å²) in [5, 5.41) is 0. The molecule has 0 aliphatic carbocycles. The summed E-state index contributed by atoms with van der Waals surface area (Å²) < 4.78 is 5.76. The van der Waals surface area contributed by atoms with Gasteiger partial charge in [-0.2, -0.15) is 9.97 Å². The average molecular weight is 269 g/mol. The maximum Gasteiger partial charge on any atom is 0.250 e. The lowest BCUT2D eigenvalue weighted by molar-refractivity contribution is 0.468. The number of hydrogen-bond donors (Lipinski definition) is 2. The molecule has 0 radical (unpaired) electrons. The minimum absolute atomic E-state index is 0.137. The van der Waals surface area contributed by atoms with Crippen LogP contribution in [-0.2, 0) is 0 Å². The summed E-state index contributed by atoms with van der Waals surface area (Å²) in [6.07, 6.45) is 1.54. The van der Waals surface area contributed by atoms with Gasteiger partial charge in [-0.25, -0.2) is 4.98 Å². The van der Waals surface area contributed by atoms with Crippen LogP contribution in [-0.4, -0.2) is 19.9 Å². The van der Waals surface area contributed by atoms with Crippen molar-refractivity contribution < 1.29 is 4.74 Å². The van der Waals surface area contributed by atoms with Crippen molar-refractivity contribution in [1.82, 2.24) is 19.9 Å². The topological polar surface area (TPSA) is 89.7 Å². The third-order valence-corrected chi connectivity index (χ3v) is 3.03. The first-order valence-electron chi connectivity index (χ1n) is 6.38. The Morgan fingerprint density at radius 2 is 1.90 bits per heavy atom. The molecule has 6 nitrogen and oxygen atoms in total. The number of fused-ring (bicyclic) bond motifs is 1. The van der Waals surface area contributed by atoms with Crippen molar-refractivity contribution in [3.05, 3.63) is 36.2 Å². The lowest BCUT2D eigenvalue weighted by Gasteiger charge is -2.08. The van der Waals surface area contributed by atoms with Crippen molar-refractivity contribution >= 4 is 17.1 Å². The van der Waals surface area contributed by atoms with E-state index in [4.69, 9.17) is 10.5 Å². The summed E-state index contributed by atoms with van der Waals surface area (Å²) in [7, 11) is 0. The Morgan fingerprint density at radius 1 is 1.15 bits per heavy atom. The molecule has 0 amide bonds. The molecule has 20 heavy (non-hydrogen) atoms. The number of nitrogen functional groups attached to an aromatic ring is 1. The molecule has 2 heterocycles. The highest BCUT2D eigenvalue weighted by Crippen LogP contribution is 2.27. The molecule has 2 aromatic heterocycles. The molecular formula is C14H15N5O. The number of nitrogens with two attached hydrogens (primary N) is 1. The number of hydrogen-bond acceptors (Lipinski definition) is 5. The summed E-state index contributed by atoms with van der Waals surface area (Å²) >= 11 is 0. The average Bonchev–Trinajstić information content (AvgIpc) is 2.87. The second-order valence-corrected chi connectivity index (χ2v) is 4.81. The Labute approximate surface area is 116 Å². The molecule has 0 saturated heterocycles. The van der Waals surface area contributed by atoms with E-state index in [1.54, 1.807) is 0 Å². The molecule has 0 atom stereocenters. The number of nitrogens with zero attached hydrogens (tertiary/aromatic N) is 3. The van der Waals surface area contributed by atoms with Crippen LogP contribution in [0.3, 0.4) is 0 Å². The van der Waals surface area contributed by atoms with E-state index in [0.717, 1.165) is 0 Å². The van der Waals surface area contributed by atoms with Crippen LogP contribution < -0.4 is 10.5 Å². The van der Waals surface area contributed by atoms with Gasteiger partial charge in [-0.3, -0.25) is 0 Å². The zero-order valence-corrected chi connectivity index (χ0v) is 11.3. The minimum atomic E-state index is 0.137. The summed E-state index contributed by atoms with van der Waals surface area (Å²) in [5.41, 5.74) is 8.02. The van der Waals surface area contributed by atoms with Crippen LogP contribution in [0.2, 0.25) is 0 Å². The lowest BCUT2D eigenvalue weighted by Crippen LogP contribution is -1.98. The van der Waals surface area contributed by atoms with E-state index >= 15 is 0 Å². The monoisotopic (exact) mass is 269 g/mol. The first-order chi connectivity index (χ1) is 9.63. The molecule has 3 N–H and O–H groups in total. The molecule has 0 fully saturated rings. The molecule has 0 bridgehead atoms. The van der Waals surface area contributed by atoms with E-state index < -0.39 is 0 Å². The van der Waals surface area contributed by atoms with Crippen LogP contribution in [0.25, 0.3) is 11.2 Å². The number of H-pyrrole nitrogens is 1. The van der Waals surface area contributed by atoms with Gasteiger partial charge in [0.05, 0.1) is 6.33 Å². The second kappa shape index (κ2) is 4.80. The molecule has 0 aliphatic rings. The number of rotatable bonds is 3. The first kappa shape index (κ1) is 12.4. The molecule has 3 aromatic rings. The Balaban J connectivity index is 1.94. The van der Waals surface area contributed by atoms with Gasteiger partial charge in [0.2, 0.25) is 5.95 Å². The first-order valence-corrected chi connectivity index (χ1v) is 6.38. The third-order valence-electron chi connectivity index (χ3n) is 3.03. The van der Waals surface area contributed by atoms with Crippen LogP contribution >= 0.6 is 0 Å². The largest absolute Gasteiger partial charge is 0.437 e. The van der Waals surface area contributed by atoms with Crippen molar-refractivity contribution in [2.45, 2.75) is 19.8 Å². The number of aromatic nitrogens is 4. The molecular weight excluding hydrogens is 254 g/mol. The molecule has 0 unspecified atom stereocenters. The zero-order chi connectivity index (χ0) is 14.1. The number of imidazole rings is 1. The van der Waals surface area contributed by atoms with Crippen molar-refractivity contribution in [2.24, 2.45) is 0 Å². The van der Waals surface area contributed by atoms with Gasteiger partial charge in [-0.15, -0.1) is 0 Å². The van der Waals surface area contributed by atoms with Crippen LogP contribution in [0.1, 0.15) is 25.3 Å². The summed E-state index contributed by atoms with van der Waals surface area (Å²) in [4.78, 5) is 15.1. The highest BCUT2D eigenvalue weighted by atomic mass is 16.5. The smallest absolute Gasteiger partial charge is 0.250 e. The van der Waals surface area contributed by atoms with Gasteiger partial charge in [0.1, 0.15) is 11.3 Å². The standard InChI is InChI=1S/C14H15N5O/c1-8(2)9-3-5-10(6-4-9)20-13-11-12(17-7-16-11)18-14(15)19-13/h3-8H,1-2H3,(H3,15,16,17,18,19). The zero-order valence-electron chi connectivity index (χ0n) is 11.3. The van der Waals surface area contributed by atoms with E-state index in [1.165, 1.54) is 11.9 Å². The number of anilines is 1. The van der Waals surface area contributed by atoms with Crippen molar-refractivity contribution in [3.8, 4) is 11.6 Å². The van der Waals surface area contributed by atoms with Crippen LogP contribution in [0.5, 0.6) is 11.6 Å². The quantitative estimate of drug-likeness (QED) is 0.763. The Morgan fingerprint density at radius 3 is 2.60 bits per heavy atom. The van der Waals surface area contributed by atoms with Crippen LogP contribution in [0.4, 0.5) is 5.95 Å². The highest BCUT2D eigenvalue weighted by molar-refractivity contribution is 5.77. The SMILES string of the molecule is CC(C)c1ccc(Oc2nc(N)nc3nc[nH]c23)cc1. The number of ether oxygens (including phenoxy) is 1. The normalized spacial score (nSPS) is 11.2. The molecule has 0 spiro atoms. The van der Waals surface area contributed by atoms with E-state index in [-0.39, 0.29) is 5.95 Å². The fourth-order valence-corrected chi connectivity index (χ4v) is 1.93. The molecule has 1 aromatic carbocycles. The van der Waals surface area contributed by atoms with Crippen LogP contribution in [0.15, 0.2) is 30.6 Å². The fraction of sp³-hybridized carbons (Fsp3) is 0.214. The van der Waals surface area contributed by atoms with Gasteiger partial charge in [-0.05, 0) is 23.6 Å². The van der Waals surface area contributed by atoms with Gasteiger partial charge >= 0.3 is 0 Å². The molecule has 6 heteroatoms. The molecule has 0 saturated carbocycles. The third kappa shape index (κ3) is 2.27. The maximum atomic E-state index is 5.76. The summed E-state index contributed by atoms with van der Waals surface area (Å²) in [6.45, 7) is 4.30. The minimum Gasteiger partial charge on any atom is -0.437 e. The van der Waals surface area contributed by atoms with Gasteiger partial charge in [0.25, 0.3) is 5.88 Å². The summed E-state index contributed by atoms with van der Waals surface area (Å²) in [6, 6.07) is 7.90. The Kier molecular flexibility index (Phi) is 2.98. The maximum absolute atomic E-state index is 5.76. The van der Waals surface area contributed by atoms with Crippen molar-refractivity contribution in [3.63, 3.8) is 0 Å². The van der Waals surface area contributed by atoms with Gasteiger partial charge < -0.3 is 15.5 Å². The van der Waals surface area contributed by atoms with Gasteiger partial charge in [-0.1, -0.05) is 26.0 Å². The van der Waals surface area contributed by atoms with Crippen LogP contribution in [0, 0.1) is 0 Å². The predicted molar refractivity (Wildman–Crippen MR) is 76.7 cm³/mol.